The van der Waals surface area contributed by atoms with Crippen LogP contribution < -0.4 is 21.7 Å². The summed E-state index contributed by atoms with van der Waals surface area (Å²) in [7, 11) is 0. The van der Waals surface area contributed by atoms with Gasteiger partial charge in [-0.15, -0.1) is 0 Å². The fourth-order valence-corrected chi connectivity index (χ4v) is 4.34. The van der Waals surface area contributed by atoms with Crippen molar-refractivity contribution in [2.24, 2.45) is 11.7 Å². The van der Waals surface area contributed by atoms with E-state index in [4.69, 9.17) is 25.8 Å². The Morgan fingerprint density at radius 2 is 1.04 bits per heavy atom. The Morgan fingerprint density at radius 1 is 0.673 bits per heavy atom. The van der Waals surface area contributed by atoms with Crippen molar-refractivity contribution >= 4 is 52.8 Å². The molecule has 0 amide bonds. The van der Waals surface area contributed by atoms with Gasteiger partial charge in [-0.2, -0.15) is 15.0 Å². The predicted molar refractivity (Wildman–Crippen MR) is 195 cm³/mol. The zero-order valence-electron chi connectivity index (χ0n) is 29.0. The third-order valence-corrected chi connectivity index (χ3v) is 7.73. The van der Waals surface area contributed by atoms with Gasteiger partial charge in [-0.1, -0.05) is 33.1 Å². The van der Waals surface area contributed by atoms with Crippen molar-refractivity contribution < 1.29 is 44.7 Å². The molecule has 1 unspecified atom stereocenters. The summed E-state index contributed by atoms with van der Waals surface area (Å²) in [4.78, 5) is 48.3. The van der Waals surface area contributed by atoms with E-state index in [1.165, 1.54) is 24.3 Å². The van der Waals surface area contributed by atoms with Gasteiger partial charge in [0.1, 0.15) is 0 Å². The summed E-state index contributed by atoms with van der Waals surface area (Å²) in [6.45, 7) is 3.43. The normalized spacial score (nSPS) is 11.4. The minimum absolute atomic E-state index is 0.134. The number of anilines is 6. The molecule has 0 bridgehead atoms. The van der Waals surface area contributed by atoms with Crippen LogP contribution in [0.4, 0.5) is 34.9 Å². The lowest BCUT2D eigenvalue weighted by atomic mass is 10.0. The largest absolute Gasteiger partial charge is 0.478 e. The number of aromatic nitrogens is 3. The SMILES string of the molecule is CCCCC(CC)COC(=O)c1ccc(Nc2nc(Nc3ccc(C(=O)O)cc3)nc(Nc3ccc(C(=O)O)cc3)n2)cc1.NC(CO)(CO)CO. The average Bonchev–Trinajstić information content (AvgIpc) is 3.15. The molecule has 0 spiro atoms. The number of nitrogens with one attached hydrogen (secondary N) is 3. The summed E-state index contributed by atoms with van der Waals surface area (Å²) >= 11 is 0. The Kier molecular flexibility index (Phi) is 15.9. The minimum atomic E-state index is -1.21. The second kappa shape index (κ2) is 20.2. The van der Waals surface area contributed by atoms with Gasteiger partial charge in [0.25, 0.3) is 0 Å². The summed E-state index contributed by atoms with van der Waals surface area (Å²) in [5.41, 5.74) is 6.34. The van der Waals surface area contributed by atoms with E-state index in [-0.39, 0.29) is 34.9 Å². The molecule has 0 fully saturated rings. The first kappa shape index (κ1) is 40.7. The number of nitrogens with zero attached hydrogens (tertiary/aromatic N) is 3. The highest BCUT2D eigenvalue weighted by atomic mass is 16.5. The number of carbonyl (C=O) groups excluding carboxylic acids is 1. The van der Waals surface area contributed by atoms with E-state index in [2.05, 4.69) is 44.7 Å². The molecule has 4 aromatic rings. The number of carboxylic acid groups (broad SMARTS) is 2. The molecule has 1 atom stereocenters. The zero-order valence-corrected chi connectivity index (χ0v) is 29.0. The molecule has 1 heterocycles. The van der Waals surface area contributed by atoms with Crippen molar-refractivity contribution in [3.63, 3.8) is 0 Å². The fraction of sp³-hybridized carbons (Fsp3) is 0.333. The summed E-state index contributed by atoms with van der Waals surface area (Å²) in [5, 5.41) is 52.5. The number of hydrogen-bond donors (Lipinski definition) is 9. The Balaban J connectivity index is 0.000000815. The Morgan fingerprint density at radius 3 is 1.33 bits per heavy atom. The zero-order chi connectivity index (χ0) is 38.1. The van der Waals surface area contributed by atoms with Crippen molar-refractivity contribution in [3.05, 3.63) is 89.5 Å². The number of carbonyl (C=O) groups is 3. The smallest absolute Gasteiger partial charge is 0.338 e. The van der Waals surface area contributed by atoms with Crippen molar-refractivity contribution in [1.82, 2.24) is 15.0 Å². The van der Waals surface area contributed by atoms with Gasteiger partial charge in [0.05, 0.1) is 48.7 Å². The van der Waals surface area contributed by atoms with E-state index >= 15 is 0 Å². The molecule has 3 aromatic carbocycles. The van der Waals surface area contributed by atoms with E-state index in [1.807, 2.05) is 0 Å². The van der Waals surface area contributed by atoms with Gasteiger partial charge < -0.3 is 52.0 Å². The van der Waals surface area contributed by atoms with Gasteiger partial charge in [-0.3, -0.25) is 0 Å². The number of ether oxygens (including phenoxy) is 1. The van der Waals surface area contributed by atoms with E-state index < -0.39 is 37.3 Å². The number of aliphatic hydroxyl groups excluding tert-OH is 3. The number of carboxylic acids is 2. The Hall–Kier alpha value is -5.68. The maximum absolute atomic E-state index is 12.6. The number of rotatable bonds is 18. The quantitative estimate of drug-likeness (QED) is 0.0639. The van der Waals surface area contributed by atoms with Gasteiger partial charge >= 0.3 is 17.9 Å². The highest BCUT2D eigenvalue weighted by Crippen LogP contribution is 2.22. The van der Waals surface area contributed by atoms with Crippen molar-refractivity contribution in [2.75, 3.05) is 42.4 Å². The lowest BCUT2D eigenvalue weighted by molar-refractivity contribution is 0.0427. The van der Waals surface area contributed by atoms with E-state index in [0.717, 1.165) is 25.7 Å². The van der Waals surface area contributed by atoms with Crippen molar-refractivity contribution in [2.45, 2.75) is 45.1 Å². The molecule has 16 nitrogen and oxygen atoms in total. The first-order chi connectivity index (χ1) is 24.9. The Labute approximate surface area is 300 Å². The molecule has 278 valence electrons. The number of aliphatic hydroxyl groups is 3. The molecule has 0 saturated carbocycles. The molecule has 0 aliphatic rings. The number of hydrogen-bond acceptors (Lipinski definition) is 14. The number of nitrogens with two attached hydrogens (primary N) is 1. The highest BCUT2D eigenvalue weighted by Gasteiger charge is 2.21. The van der Waals surface area contributed by atoms with Crippen LogP contribution >= 0.6 is 0 Å². The van der Waals surface area contributed by atoms with E-state index in [9.17, 15) is 24.6 Å². The van der Waals surface area contributed by atoms with Gasteiger partial charge in [-0.25, -0.2) is 14.4 Å². The molecule has 0 saturated heterocycles. The van der Waals surface area contributed by atoms with Crippen molar-refractivity contribution in [3.8, 4) is 0 Å². The van der Waals surface area contributed by atoms with Gasteiger partial charge in [-0.05, 0) is 85.1 Å². The Bertz CT molecular complexity index is 1650. The van der Waals surface area contributed by atoms with Crippen LogP contribution in [0.2, 0.25) is 0 Å². The number of esters is 1. The fourth-order valence-electron chi connectivity index (χ4n) is 4.34. The first-order valence-corrected chi connectivity index (χ1v) is 16.5. The predicted octanol–water partition coefficient (Wildman–Crippen LogP) is 4.53. The number of aromatic carboxylic acids is 2. The standard InChI is InChI=1S/C32H34N6O6.C4H11NO3/c1-3-5-6-20(4-2)19-44-29(43)23-11-17-26(18-12-23)35-32-37-30(33-24-13-7-21(8-14-24)27(39)40)36-31(38-32)34-25-15-9-22(10-16-25)28(41)42;5-4(1-6,2-7)3-8/h7-18,20H,3-6,19H2,1-2H3,(H,39,40)(H,41,42)(H3,33,34,35,36,37,38);6-8H,1-3,5H2. The monoisotopic (exact) mass is 719 g/mol. The van der Waals surface area contributed by atoms with Gasteiger partial charge in [0, 0.05) is 17.1 Å². The summed E-state index contributed by atoms with van der Waals surface area (Å²) in [6.07, 6.45) is 4.20. The molecule has 4 rings (SSSR count). The first-order valence-electron chi connectivity index (χ1n) is 16.5. The van der Waals surface area contributed by atoms with Gasteiger partial charge in [0.15, 0.2) is 0 Å². The minimum Gasteiger partial charge on any atom is -0.478 e. The van der Waals surface area contributed by atoms with Crippen LogP contribution in [0.1, 0.15) is 70.6 Å². The van der Waals surface area contributed by atoms with Crippen LogP contribution in [-0.4, -0.2) is 90.4 Å². The molecule has 0 aliphatic heterocycles. The summed E-state index contributed by atoms with van der Waals surface area (Å²) < 4.78 is 5.55. The molecule has 0 radical (unpaired) electrons. The topological polar surface area (TPSA) is 262 Å². The highest BCUT2D eigenvalue weighted by molar-refractivity contribution is 5.90. The van der Waals surface area contributed by atoms with Crippen LogP contribution in [-0.2, 0) is 4.74 Å². The van der Waals surface area contributed by atoms with Crippen LogP contribution in [0, 0.1) is 5.92 Å². The van der Waals surface area contributed by atoms with Gasteiger partial charge in [0.2, 0.25) is 17.8 Å². The van der Waals surface area contributed by atoms with Crippen LogP contribution in [0.5, 0.6) is 0 Å². The van der Waals surface area contributed by atoms with Crippen LogP contribution in [0.25, 0.3) is 0 Å². The average molecular weight is 720 g/mol. The summed E-state index contributed by atoms with van der Waals surface area (Å²) in [5.74, 6) is -1.63. The van der Waals surface area contributed by atoms with Crippen molar-refractivity contribution in [1.29, 1.82) is 0 Å². The van der Waals surface area contributed by atoms with Crippen LogP contribution in [0.3, 0.4) is 0 Å². The number of benzene rings is 3. The maximum Gasteiger partial charge on any atom is 0.338 e. The molecule has 1 aromatic heterocycles. The lowest BCUT2D eigenvalue weighted by Crippen LogP contribution is -2.50. The molecule has 52 heavy (non-hydrogen) atoms. The van der Waals surface area contributed by atoms with E-state index in [1.54, 1.807) is 48.5 Å². The molecular weight excluding hydrogens is 674 g/mol. The second-order valence-corrected chi connectivity index (χ2v) is 11.9. The maximum atomic E-state index is 12.6. The molecular formula is C36H45N7O9. The second-order valence-electron chi connectivity index (χ2n) is 11.9. The molecule has 16 heteroatoms. The molecule has 10 N–H and O–H groups in total. The third-order valence-electron chi connectivity index (χ3n) is 7.73. The third kappa shape index (κ3) is 12.9. The lowest BCUT2D eigenvalue weighted by Gasteiger charge is -2.20. The van der Waals surface area contributed by atoms with E-state index in [0.29, 0.717) is 35.2 Å². The van der Waals surface area contributed by atoms with Crippen LogP contribution in [0.15, 0.2) is 72.8 Å². The number of unbranched alkanes of at least 4 members (excludes halogenated alkanes) is 1. The molecule has 0 aliphatic carbocycles. The summed E-state index contributed by atoms with van der Waals surface area (Å²) in [6, 6.07) is 18.9.